The van der Waals surface area contributed by atoms with Crippen molar-refractivity contribution in [2.75, 3.05) is 20.7 Å². The Morgan fingerprint density at radius 1 is 1.56 bits per heavy atom. The largest absolute Gasteiger partial charge is 0.468 e. The number of carbonyl (C=O) groups excluding carboxylic acids is 1. The highest BCUT2D eigenvalue weighted by Gasteiger charge is 2.17. The van der Waals surface area contributed by atoms with Crippen LogP contribution in [0.1, 0.15) is 5.56 Å². The SMILES string of the molecule is COC(=O)CN(C)Cc1cc(F)ccc1[N+](=O)[O-]. The summed E-state index contributed by atoms with van der Waals surface area (Å²) >= 11 is 0. The molecule has 7 heteroatoms. The summed E-state index contributed by atoms with van der Waals surface area (Å²) < 4.78 is 17.5. The first-order chi connectivity index (χ1) is 8.43. The molecule has 0 heterocycles. The van der Waals surface area contributed by atoms with Crippen LogP contribution in [-0.4, -0.2) is 36.5 Å². The standard InChI is InChI=1S/C11H13FN2O4/c1-13(7-11(15)18-2)6-8-5-9(12)3-4-10(8)14(16)17/h3-5H,6-7H2,1-2H3. The Morgan fingerprint density at radius 2 is 2.22 bits per heavy atom. The van der Waals surface area contributed by atoms with Crippen molar-refractivity contribution in [2.24, 2.45) is 0 Å². The molecule has 0 N–H and O–H groups in total. The van der Waals surface area contributed by atoms with Crippen LogP contribution >= 0.6 is 0 Å². The topological polar surface area (TPSA) is 72.7 Å². The predicted molar refractivity (Wildman–Crippen MR) is 61.4 cm³/mol. The summed E-state index contributed by atoms with van der Waals surface area (Å²) in [7, 11) is 2.84. The van der Waals surface area contributed by atoms with Gasteiger partial charge in [-0.25, -0.2) is 4.39 Å². The maximum absolute atomic E-state index is 13.1. The number of nitrogens with zero attached hydrogens (tertiary/aromatic N) is 2. The Labute approximate surface area is 103 Å². The maximum atomic E-state index is 13.1. The monoisotopic (exact) mass is 256 g/mol. The molecule has 6 nitrogen and oxygen atoms in total. The van der Waals surface area contributed by atoms with Crippen LogP contribution in [-0.2, 0) is 16.1 Å². The molecule has 0 fully saturated rings. The Kier molecular flexibility index (Phi) is 4.73. The molecular weight excluding hydrogens is 243 g/mol. The van der Waals surface area contributed by atoms with E-state index in [-0.39, 0.29) is 24.3 Å². The Hall–Kier alpha value is -2.02. The number of likely N-dealkylation sites (N-methyl/N-ethyl adjacent to an activating group) is 1. The lowest BCUT2D eigenvalue weighted by Gasteiger charge is -2.15. The quantitative estimate of drug-likeness (QED) is 0.451. The number of nitro benzene ring substituents is 1. The average molecular weight is 256 g/mol. The Balaban J connectivity index is 2.85. The normalized spacial score (nSPS) is 10.4. The van der Waals surface area contributed by atoms with E-state index < -0.39 is 16.7 Å². The van der Waals surface area contributed by atoms with E-state index in [0.717, 1.165) is 18.2 Å². The fourth-order valence-electron chi connectivity index (χ4n) is 1.49. The van der Waals surface area contributed by atoms with Crippen LogP contribution in [0.5, 0.6) is 0 Å². The third-order valence-electron chi connectivity index (χ3n) is 2.31. The molecule has 0 radical (unpaired) electrons. The molecule has 0 bridgehead atoms. The second kappa shape index (κ2) is 6.06. The first-order valence-corrected chi connectivity index (χ1v) is 5.12. The van der Waals surface area contributed by atoms with Crippen molar-refractivity contribution in [1.29, 1.82) is 0 Å². The van der Waals surface area contributed by atoms with E-state index in [1.165, 1.54) is 12.0 Å². The van der Waals surface area contributed by atoms with Crippen molar-refractivity contribution in [3.05, 3.63) is 39.7 Å². The number of halogens is 1. The second-order valence-corrected chi connectivity index (χ2v) is 3.78. The summed E-state index contributed by atoms with van der Waals surface area (Å²) in [6.45, 7) is 0.0628. The third kappa shape index (κ3) is 3.77. The van der Waals surface area contributed by atoms with Crippen LogP contribution in [0.2, 0.25) is 0 Å². The van der Waals surface area contributed by atoms with E-state index in [1.54, 1.807) is 7.05 Å². The van der Waals surface area contributed by atoms with E-state index in [0.29, 0.717) is 0 Å². The number of rotatable bonds is 5. The number of carbonyl (C=O) groups is 1. The minimum atomic E-state index is -0.583. The van der Waals surface area contributed by atoms with Gasteiger partial charge < -0.3 is 4.74 Å². The molecule has 0 spiro atoms. The molecule has 0 saturated heterocycles. The summed E-state index contributed by atoms with van der Waals surface area (Å²) in [5, 5.41) is 10.8. The van der Waals surface area contributed by atoms with Gasteiger partial charge in [0.05, 0.1) is 18.6 Å². The number of hydrogen-bond donors (Lipinski definition) is 0. The third-order valence-corrected chi connectivity index (χ3v) is 2.31. The van der Waals surface area contributed by atoms with E-state index in [1.807, 2.05) is 0 Å². The lowest BCUT2D eigenvalue weighted by molar-refractivity contribution is -0.385. The van der Waals surface area contributed by atoms with Gasteiger partial charge in [0, 0.05) is 18.2 Å². The van der Waals surface area contributed by atoms with Crippen LogP contribution in [0.15, 0.2) is 18.2 Å². The maximum Gasteiger partial charge on any atom is 0.319 e. The van der Waals surface area contributed by atoms with Crippen molar-refractivity contribution < 1.29 is 18.8 Å². The van der Waals surface area contributed by atoms with Crippen molar-refractivity contribution in [2.45, 2.75) is 6.54 Å². The molecular formula is C11H13FN2O4. The van der Waals surface area contributed by atoms with Crippen molar-refractivity contribution in [3.8, 4) is 0 Å². The van der Waals surface area contributed by atoms with E-state index in [2.05, 4.69) is 4.74 Å². The van der Waals surface area contributed by atoms with Gasteiger partial charge in [0.15, 0.2) is 0 Å². The van der Waals surface area contributed by atoms with Gasteiger partial charge >= 0.3 is 5.97 Å². The summed E-state index contributed by atoms with van der Waals surface area (Å²) in [6, 6.07) is 3.23. The minimum absolute atomic E-state index is 0.0236. The smallest absolute Gasteiger partial charge is 0.319 e. The van der Waals surface area contributed by atoms with Crippen molar-refractivity contribution >= 4 is 11.7 Å². The lowest BCUT2D eigenvalue weighted by Crippen LogP contribution is -2.26. The highest BCUT2D eigenvalue weighted by Crippen LogP contribution is 2.20. The number of methoxy groups -OCH3 is 1. The summed E-state index contributed by atoms with van der Waals surface area (Å²) in [5.74, 6) is -1.02. The first-order valence-electron chi connectivity index (χ1n) is 5.12. The number of benzene rings is 1. The van der Waals surface area contributed by atoms with Crippen LogP contribution in [0.4, 0.5) is 10.1 Å². The van der Waals surface area contributed by atoms with Gasteiger partial charge in [-0.05, 0) is 19.2 Å². The first kappa shape index (κ1) is 14.0. The summed E-state index contributed by atoms with van der Waals surface area (Å²) in [4.78, 5) is 22.7. The minimum Gasteiger partial charge on any atom is -0.468 e. The zero-order valence-corrected chi connectivity index (χ0v) is 10.1. The molecule has 0 aliphatic carbocycles. The molecule has 1 rings (SSSR count). The molecule has 0 unspecified atom stereocenters. The van der Waals surface area contributed by atoms with Gasteiger partial charge in [-0.1, -0.05) is 0 Å². The Bertz CT molecular complexity index is 464. The van der Waals surface area contributed by atoms with Crippen molar-refractivity contribution in [1.82, 2.24) is 4.90 Å². The average Bonchev–Trinajstić information content (AvgIpc) is 2.28. The molecule has 0 aliphatic rings. The molecule has 1 aromatic carbocycles. The predicted octanol–water partition coefficient (Wildman–Crippen LogP) is 1.34. The molecule has 0 aromatic heterocycles. The highest BCUT2D eigenvalue weighted by molar-refractivity contribution is 5.71. The Morgan fingerprint density at radius 3 is 2.78 bits per heavy atom. The van der Waals surface area contributed by atoms with Gasteiger partial charge in [-0.3, -0.25) is 19.8 Å². The molecule has 98 valence electrons. The fourth-order valence-corrected chi connectivity index (χ4v) is 1.49. The number of esters is 1. The highest BCUT2D eigenvalue weighted by atomic mass is 19.1. The molecule has 0 saturated carbocycles. The van der Waals surface area contributed by atoms with Crippen LogP contribution in [0.3, 0.4) is 0 Å². The van der Waals surface area contributed by atoms with Gasteiger partial charge in [0.2, 0.25) is 0 Å². The number of ether oxygens (including phenoxy) is 1. The number of hydrogen-bond acceptors (Lipinski definition) is 5. The second-order valence-electron chi connectivity index (χ2n) is 3.78. The molecule has 0 aliphatic heterocycles. The molecule has 1 aromatic rings. The van der Waals surface area contributed by atoms with Gasteiger partial charge in [-0.2, -0.15) is 0 Å². The van der Waals surface area contributed by atoms with Gasteiger partial charge in [0.1, 0.15) is 5.82 Å². The summed E-state index contributed by atoms with van der Waals surface area (Å²) in [5.41, 5.74) is 0.0412. The van der Waals surface area contributed by atoms with E-state index in [4.69, 9.17) is 0 Å². The van der Waals surface area contributed by atoms with E-state index >= 15 is 0 Å². The molecule has 0 amide bonds. The zero-order valence-electron chi connectivity index (χ0n) is 10.1. The van der Waals surface area contributed by atoms with Crippen LogP contribution < -0.4 is 0 Å². The van der Waals surface area contributed by atoms with Gasteiger partial charge in [0.25, 0.3) is 5.69 Å². The summed E-state index contributed by atoms with van der Waals surface area (Å²) in [6.07, 6.45) is 0. The number of nitro groups is 1. The van der Waals surface area contributed by atoms with Crippen LogP contribution in [0.25, 0.3) is 0 Å². The fraction of sp³-hybridized carbons (Fsp3) is 0.364. The van der Waals surface area contributed by atoms with Crippen molar-refractivity contribution in [3.63, 3.8) is 0 Å². The molecule has 0 atom stereocenters. The van der Waals surface area contributed by atoms with E-state index in [9.17, 15) is 19.3 Å². The molecule has 18 heavy (non-hydrogen) atoms. The zero-order chi connectivity index (χ0) is 13.7. The van der Waals surface area contributed by atoms with Crippen LogP contribution in [0, 0.1) is 15.9 Å². The van der Waals surface area contributed by atoms with Gasteiger partial charge in [-0.15, -0.1) is 0 Å². The lowest BCUT2D eigenvalue weighted by atomic mass is 10.1.